The van der Waals surface area contributed by atoms with Crippen molar-refractivity contribution in [2.75, 3.05) is 25.6 Å². The van der Waals surface area contributed by atoms with Gasteiger partial charge in [-0.15, -0.1) is 0 Å². The van der Waals surface area contributed by atoms with E-state index in [0.29, 0.717) is 0 Å². The second-order valence-electron chi connectivity index (χ2n) is 5.24. The van der Waals surface area contributed by atoms with Crippen LogP contribution in [0.2, 0.25) is 0 Å². The predicted octanol–water partition coefficient (Wildman–Crippen LogP) is 3.18. The van der Waals surface area contributed by atoms with E-state index in [-0.39, 0.29) is 5.41 Å². The molecule has 1 aromatic rings. The summed E-state index contributed by atoms with van der Waals surface area (Å²) < 4.78 is 5.73. The average molecular weight is 207 g/mol. The summed E-state index contributed by atoms with van der Waals surface area (Å²) in [5, 5.41) is 0. The third kappa shape index (κ3) is 4.24. The minimum absolute atomic E-state index is 0.203. The lowest BCUT2D eigenvalue weighted by molar-refractivity contribution is 0.198. The van der Waals surface area contributed by atoms with Crippen LogP contribution in [0.25, 0.3) is 0 Å². The van der Waals surface area contributed by atoms with Gasteiger partial charge in [0, 0.05) is 25.8 Å². The van der Waals surface area contributed by atoms with Crippen LogP contribution in [0, 0.1) is 5.41 Å². The van der Waals surface area contributed by atoms with Gasteiger partial charge in [0.1, 0.15) is 5.75 Å². The summed E-state index contributed by atoms with van der Waals surface area (Å²) in [5.74, 6) is 0.941. The van der Waals surface area contributed by atoms with Crippen molar-refractivity contribution in [1.82, 2.24) is 0 Å². The standard InChI is InChI=1S/C13H21NO/c1-13(2,3)10-15-12-8-6-7-11(9-12)14(4)5/h6-9H,10H2,1-5H3. The van der Waals surface area contributed by atoms with Crippen LogP contribution >= 0.6 is 0 Å². The number of ether oxygens (including phenoxy) is 1. The topological polar surface area (TPSA) is 12.5 Å². The number of anilines is 1. The van der Waals surface area contributed by atoms with E-state index < -0.39 is 0 Å². The molecule has 2 nitrogen and oxygen atoms in total. The number of rotatable bonds is 3. The minimum atomic E-state index is 0.203. The maximum atomic E-state index is 5.73. The van der Waals surface area contributed by atoms with Gasteiger partial charge in [-0.2, -0.15) is 0 Å². The van der Waals surface area contributed by atoms with Gasteiger partial charge < -0.3 is 9.64 Å². The lowest BCUT2D eigenvalue weighted by Crippen LogP contribution is -2.17. The number of hydrogen-bond donors (Lipinski definition) is 0. The molecule has 0 aliphatic carbocycles. The van der Waals surface area contributed by atoms with Crippen LogP contribution in [0.1, 0.15) is 20.8 Å². The summed E-state index contributed by atoms with van der Waals surface area (Å²) in [5.41, 5.74) is 1.37. The molecule has 0 unspecified atom stereocenters. The highest BCUT2D eigenvalue weighted by Gasteiger charge is 2.11. The van der Waals surface area contributed by atoms with Gasteiger partial charge in [-0.1, -0.05) is 26.8 Å². The molecule has 1 aromatic carbocycles. The fraction of sp³-hybridized carbons (Fsp3) is 0.538. The molecule has 0 saturated carbocycles. The Morgan fingerprint density at radius 2 is 1.87 bits per heavy atom. The first-order chi connectivity index (χ1) is 6.88. The molecule has 0 aliphatic heterocycles. The Labute approximate surface area is 92.9 Å². The van der Waals surface area contributed by atoms with E-state index in [1.807, 2.05) is 26.2 Å². The number of nitrogens with zero attached hydrogens (tertiary/aromatic N) is 1. The molecule has 0 N–H and O–H groups in total. The molecule has 0 radical (unpaired) electrons. The van der Waals surface area contributed by atoms with E-state index in [4.69, 9.17) is 4.74 Å². The van der Waals surface area contributed by atoms with E-state index in [2.05, 4.69) is 37.8 Å². The Bertz CT molecular complexity index is 313. The maximum absolute atomic E-state index is 5.73. The highest BCUT2D eigenvalue weighted by atomic mass is 16.5. The predicted molar refractivity (Wildman–Crippen MR) is 65.7 cm³/mol. The number of benzene rings is 1. The Kier molecular flexibility index (Phi) is 3.61. The van der Waals surface area contributed by atoms with Crippen molar-refractivity contribution in [1.29, 1.82) is 0 Å². The van der Waals surface area contributed by atoms with Crippen molar-refractivity contribution in [3.8, 4) is 5.75 Å². The highest BCUT2D eigenvalue weighted by molar-refractivity contribution is 5.49. The van der Waals surface area contributed by atoms with Crippen LogP contribution in [-0.2, 0) is 0 Å². The molecule has 0 amide bonds. The second-order valence-corrected chi connectivity index (χ2v) is 5.24. The van der Waals surface area contributed by atoms with Gasteiger partial charge >= 0.3 is 0 Å². The van der Waals surface area contributed by atoms with Gasteiger partial charge in [-0.25, -0.2) is 0 Å². The van der Waals surface area contributed by atoms with Gasteiger partial charge in [0.05, 0.1) is 6.61 Å². The van der Waals surface area contributed by atoms with Crippen molar-refractivity contribution in [2.45, 2.75) is 20.8 Å². The Balaban J connectivity index is 2.66. The fourth-order valence-electron chi connectivity index (χ4n) is 1.15. The van der Waals surface area contributed by atoms with Crippen LogP contribution in [0.4, 0.5) is 5.69 Å². The summed E-state index contributed by atoms with van der Waals surface area (Å²) in [6.45, 7) is 7.25. The Hall–Kier alpha value is -1.18. The van der Waals surface area contributed by atoms with Crippen molar-refractivity contribution in [3.63, 3.8) is 0 Å². The molecule has 0 heterocycles. The third-order valence-electron chi connectivity index (χ3n) is 2.01. The Morgan fingerprint density at radius 3 is 2.40 bits per heavy atom. The van der Waals surface area contributed by atoms with E-state index in [1.165, 1.54) is 5.69 Å². The normalized spacial score (nSPS) is 11.3. The zero-order valence-electron chi connectivity index (χ0n) is 10.4. The Morgan fingerprint density at radius 1 is 1.20 bits per heavy atom. The molecule has 15 heavy (non-hydrogen) atoms. The van der Waals surface area contributed by atoms with Gasteiger partial charge in [-0.05, 0) is 17.5 Å². The van der Waals surface area contributed by atoms with Crippen LogP contribution in [-0.4, -0.2) is 20.7 Å². The first-order valence-electron chi connectivity index (χ1n) is 5.29. The third-order valence-corrected chi connectivity index (χ3v) is 2.01. The zero-order valence-corrected chi connectivity index (χ0v) is 10.4. The van der Waals surface area contributed by atoms with Crippen LogP contribution in [0.3, 0.4) is 0 Å². The van der Waals surface area contributed by atoms with Crippen molar-refractivity contribution < 1.29 is 4.74 Å². The molecule has 1 rings (SSSR count). The second kappa shape index (κ2) is 4.56. The molecular formula is C13H21NO. The molecule has 0 fully saturated rings. The van der Waals surface area contributed by atoms with Gasteiger partial charge in [0.25, 0.3) is 0 Å². The molecule has 84 valence electrons. The first-order valence-corrected chi connectivity index (χ1v) is 5.29. The minimum Gasteiger partial charge on any atom is -0.493 e. The van der Waals surface area contributed by atoms with Crippen molar-refractivity contribution in [2.24, 2.45) is 5.41 Å². The largest absolute Gasteiger partial charge is 0.493 e. The summed E-state index contributed by atoms with van der Waals surface area (Å²) in [6, 6.07) is 8.15. The summed E-state index contributed by atoms with van der Waals surface area (Å²) in [6.07, 6.45) is 0. The lowest BCUT2D eigenvalue weighted by Gasteiger charge is -2.20. The van der Waals surface area contributed by atoms with E-state index in [9.17, 15) is 0 Å². The molecule has 0 atom stereocenters. The average Bonchev–Trinajstić information content (AvgIpc) is 2.14. The molecule has 0 saturated heterocycles. The molecular weight excluding hydrogens is 186 g/mol. The lowest BCUT2D eigenvalue weighted by atomic mass is 9.99. The van der Waals surface area contributed by atoms with Crippen molar-refractivity contribution in [3.05, 3.63) is 24.3 Å². The van der Waals surface area contributed by atoms with Crippen LogP contribution < -0.4 is 9.64 Å². The quantitative estimate of drug-likeness (QED) is 0.754. The maximum Gasteiger partial charge on any atom is 0.121 e. The van der Waals surface area contributed by atoms with Gasteiger partial charge in [0.2, 0.25) is 0 Å². The SMILES string of the molecule is CN(C)c1cccc(OCC(C)(C)C)c1. The van der Waals surface area contributed by atoms with Gasteiger partial charge in [0.15, 0.2) is 0 Å². The molecule has 2 heteroatoms. The van der Waals surface area contributed by atoms with Crippen molar-refractivity contribution >= 4 is 5.69 Å². The van der Waals surface area contributed by atoms with Crippen LogP contribution in [0.5, 0.6) is 5.75 Å². The molecule has 0 aromatic heterocycles. The summed E-state index contributed by atoms with van der Waals surface area (Å²) in [4.78, 5) is 2.07. The highest BCUT2D eigenvalue weighted by Crippen LogP contribution is 2.22. The molecule has 0 aliphatic rings. The van der Waals surface area contributed by atoms with E-state index in [0.717, 1.165) is 12.4 Å². The summed E-state index contributed by atoms with van der Waals surface area (Å²) in [7, 11) is 4.06. The smallest absolute Gasteiger partial charge is 0.121 e. The van der Waals surface area contributed by atoms with E-state index >= 15 is 0 Å². The zero-order chi connectivity index (χ0) is 11.5. The first kappa shape index (κ1) is 11.9. The molecule has 0 spiro atoms. The fourth-order valence-corrected chi connectivity index (χ4v) is 1.15. The number of hydrogen-bond acceptors (Lipinski definition) is 2. The van der Waals surface area contributed by atoms with Gasteiger partial charge in [-0.3, -0.25) is 0 Å². The van der Waals surface area contributed by atoms with Crippen LogP contribution in [0.15, 0.2) is 24.3 Å². The summed E-state index contributed by atoms with van der Waals surface area (Å²) >= 11 is 0. The molecule has 0 bridgehead atoms. The monoisotopic (exact) mass is 207 g/mol. The van der Waals surface area contributed by atoms with E-state index in [1.54, 1.807) is 0 Å².